The predicted molar refractivity (Wildman–Crippen MR) is 45.9 cm³/mol. The Kier molecular flexibility index (Phi) is 4.40. The molecule has 0 radical (unpaired) electrons. The van der Waals surface area contributed by atoms with E-state index in [9.17, 15) is 4.79 Å². The van der Waals surface area contributed by atoms with Gasteiger partial charge in [0, 0.05) is 16.2 Å². The summed E-state index contributed by atoms with van der Waals surface area (Å²) >= 11 is 1.42. The average Bonchev–Trinajstić information content (AvgIpc) is 1.87. The van der Waals surface area contributed by atoms with Crippen LogP contribution in [0.3, 0.4) is 0 Å². The Hall–Kier alpha value is -0.280. The van der Waals surface area contributed by atoms with Gasteiger partial charge in [-0.05, 0) is 6.92 Å². The van der Waals surface area contributed by atoms with E-state index in [1.165, 1.54) is 11.8 Å². The first-order valence-electron chi connectivity index (χ1n) is 3.14. The second-order valence-corrected chi connectivity index (χ2v) is 3.77. The molecule has 0 rings (SSSR count). The summed E-state index contributed by atoms with van der Waals surface area (Å²) in [5.41, 5.74) is 5.56. The van der Waals surface area contributed by atoms with Crippen LogP contribution in [0.2, 0.25) is 0 Å². The molecule has 0 saturated carbocycles. The number of hydrogen-bond donors (Lipinski definition) is 1. The highest BCUT2D eigenvalue weighted by Crippen LogP contribution is 2.19. The van der Waals surface area contributed by atoms with Gasteiger partial charge < -0.3 is 5.73 Å². The summed E-state index contributed by atoms with van der Waals surface area (Å²) in [5.74, 6) is 0. The van der Waals surface area contributed by atoms with Crippen molar-refractivity contribution in [2.75, 3.05) is 0 Å². The minimum absolute atomic E-state index is 0.0988. The molecule has 2 atom stereocenters. The van der Waals surface area contributed by atoms with Crippen LogP contribution in [0.5, 0.6) is 0 Å². The van der Waals surface area contributed by atoms with E-state index in [1.54, 1.807) is 0 Å². The van der Waals surface area contributed by atoms with Crippen molar-refractivity contribution in [3.63, 3.8) is 0 Å². The molecule has 0 heterocycles. The number of nitrogens with two attached hydrogens (primary N) is 1. The van der Waals surface area contributed by atoms with E-state index in [0.717, 1.165) is 6.29 Å². The van der Waals surface area contributed by atoms with E-state index < -0.39 is 0 Å². The first-order chi connectivity index (χ1) is 4.57. The van der Waals surface area contributed by atoms with Gasteiger partial charge in [0.25, 0.3) is 0 Å². The third-order valence-corrected chi connectivity index (χ3v) is 2.41. The molecule has 0 aromatic heterocycles. The molecule has 58 valence electrons. The van der Waals surface area contributed by atoms with Crippen molar-refractivity contribution >= 4 is 18.0 Å². The Balaban J connectivity index is 3.67. The second kappa shape index (κ2) is 4.52. The number of carbonyl (C=O) groups is 1. The molecule has 10 heavy (non-hydrogen) atoms. The van der Waals surface area contributed by atoms with Gasteiger partial charge in [0.15, 0.2) is 6.29 Å². The predicted octanol–water partition coefficient (Wildman–Crippen LogP) is 1.17. The van der Waals surface area contributed by atoms with E-state index in [4.69, 9.17) is 5.73 Å². The highest BCUT2D eigenvalue weighted by molar-refractivity contribution is 8.04. The zero-order valence-electron chi connectivity index (χ0n) is 6.33. The van der Waals surface area contributed by atoms with Gasteiger partial charge in [-0.15, -0.1) is 11.8 Å². The van der Waals surface area contributed by atoms with Crippen LogP contribution in [-0.2, 0) is 4.79 Å². The fourth-order valence-corrected chi connectivity index (χ4v) is 1.12. The molecule has 0 aliphatic carbocycles. The van der Waals surface area contributed by atoms with Crippen molar-refractivity contribution in [1.29, 1.82) is 0 Å². The van der Waals surface area contributed by atoms with Gasteiger partial charge in [-0.25, -0.2) is 0 Å². The summed E-state index contributed by atoms with van der Waals surface area (Å²) < 4.78 is 0. The van der Waals surface area contributed by atoms with Crippen LogP contribution in [-0.4, -0.2) is 17.6 Å². The van der Waals surface area contributed by atoms with Crippen LogP contribution in [0.4, 0.5) is 0 Å². The maximum Gasteiger partial charge on any atom is 0.155 e. The quantitative estimate of drug-likeness (QED) is 0.494. The standard InChI is InChI=1S/C7H13NOS/c1-5(4-9)10-7(3)6(2)8/h4,6-7H,1,8H2,2-3H3. The fourth-order valence-electron chi connectivity index (χ4n) is 0.374. The zero-order valence-corrected chi connectivity index (χ0v) is 7.15. The number of aldehydes is 1. The molecule has 0 aromatic rings. The lowest BCUT2D eigenvalue weighted by molar-refractivity contribution is -0.104. The SMILES string of the molecule is C=C(C=O)SC(C)C(C)N. The van der Waals surface area contributed by atoms with Crippen molar-refractivity contribution in [2.45, 2.75) is 25.1 Å². The molecule has 2 N–H and O–H groups in total. The van der Waals surface area contributed by atoms with Crippen LogP contribution in [0.25, 0.3) is 0 Å². The minimum Gasteiger partial charge on any atom is -0.327 e. The molecule has 0 fully saturated rings. The topological polar surface area (TPSA) is 43.1 Å². The van der Waals surface area contributed by atoms with E-state index >= 15 is 0 Å². The molecular formula is C7H13NOS. The molecular weight excluding hydrogens is 146 g/mol. The zero-order chi connectivity index (χ0) is 8.15. The maximum absolute atomic E-state index is 10.1. The van der Waals surface area contributed by atoms with Crippen molar-refractivity contribution in [1.82, 2.24) is 0 Å². The molecule has 0 amide bonds. The van der Waals surface area contributed by atoms with Gasteiger partial charge in [0.05, 0.1) is 0 Å². The lowest BCUT2D eigenvalue weighted by Crippen LogP contribution is -2.26. The van der Waals surface area contributed by atoms with Crippen LogP contribution < -0.4 is 5.73 Å². The lowest BCUT2D eigenvalue weighted by Gasteiger charge is -2.13. The minimum atomic E-state index is 0.0988. The first-order valence-corrected chi connectivity index (χ1v) is 4.02. The summed E-state index contributed by atoms with van der Waals surface area (Å²) in [7, 11) is 0. The molecule has 2 unspecified atom stereocenters. The van der Waals surface area contributed by atoms with Crippen LogP contribution >= 0.6 is 11.8 Å². The van der Waals surface area contributed by atoms with Gasteiger partial charge >= 0.3 is 0 Å². The van der Waals surface area contributed by atoms with Crippen LogP contribution in [0, 0.1) is 0 Å². The highest BCUT2D eigenvalue weighted by Gasteiger charge is 2.08. The smallest absolute Gasteiger partial charge is 0.155 e. The fraction of sp³-hybridized carbons (Fsp3) is 0.571. The summed E-state index contributed by atoms with van der Waals surface area (Å²) in [6.07, 6.45) is 0.754. The van der Waals surface area contributed by atoms with E-state index in [2.05, 4.69) is 6.58 Å². The maximum atomic E-state index is 10.1. The van der Waals surface area contributed by atoms with Crippen LogP contribution in [0.15, 0.2) is 11.5 Å². The van der Waals surface area contributed by atoms with Crippen molar-refractivity contribution in [3.05, 3.63) is 11.5 Å². The summed E-state index contributed by atoms with van der Waals surface area (Å²) in [4.78, 5) is 10.6. The van der Waals surface area contributed by atoms with Crippen molar-refractivity contribution in [3.8, 4) is 0 Å². The largest absolute Gasteiger partial charge is 0.327 e. The Morgan fingerprint density at radius 1 is 1.70 bits per heavy atom. The van der Waals surface area contributed by atoms with Gasteiger partial charge in [-0.1, -0.05) is 13.5 Å². The number of rotatable bonds is 4. The third-order valence-electron chi connectivity index (χ3n) is 1.21. The average molecular weight is 159 g/mol. The van der Waals surface area contributed by atoms with E-state index in [0.29, 0.717) is 4.91 Å². The lowest BCUT2D eigenvalue weighted by atomic mass is 10.3. The number of hydrogen-bond acceptors (Lipinski definition) is 3. The number of allylic oxidation sites excluding steroid dienone is 1. The summed E-state index contributed by atoms with van der Waals surface area (Å²) in [6.45, 7) is 7.42. The molecule has 0 spiro atoms. The molecule has 0 aromatic carbocycles. The Labute approximate surface area is 65.9 Å². The van der Waals surface area contributed by atoms with Crippen LogP contribution in [0.1, 0.15) is 13.8 Å². The number of thioether (sulfide) groups is 1. The van der Waals surface area contributed by atoms with Gasteiger partial charge in [0.2, 0.25) is 0 Å². The van der Waals surface area contributed by atoms with Crippen molar-refractivity contribution in [2.24, 2.45) is 5.73 Å². The Morgan fingerprint density at radius 3 is 2.50 bits per heavy atom. The normalized spacial score (nSPS) is 15.9. The molecule has 2 nitrogen and oxygen atoms in total. The van der Waals surface area contributed by atoms with Gasteiger partial charge in [-0.3, -0.25) is 4.79 Å². The molecule has 0 aliphatic rings. The molecule has 0 bridgehead atoms. The number of carbonyl (C=O) groups excluding carboxylic acids is 1. The monoisotopic (exact) mass is 159 g/mol. The van der Waals surface area contributed by atoms with Crippen molar-refractivity contribution < 1.29 is 4.79 Å². The van der Waals surface area contributed by atoms with Gasteiger partial charge in [-0.2, -0.15) is 0 Å². The Morgan fingerprint density at radius 2 is 2.20 bits per heavy atom. The second-order valence-electron chi connectivity index (χ2n) is 2.27. The third kappa shape index (κ3) is 3.69. The summed E-state index contributed by atoms with van der Waals surface area (Å²) in [6, 6.07) is 0.0988. The van der Waals surface area contributed by atoms with E-state index in [1.807, 2.05) is 13.8 Å². The molecule has 0 saturated heterocycles. The Bertz CT molecular complexity index is 134. The molecule has 0 aliphatic heterocycles. The molecule has 3 heteroatoms. The first kappa shape index (κ1) is 9.72. The summed E-state index contributed by atoms with van der Waals surface area (Å²) in [5, 5.41) is 0.262. The highest BCUT2D eigenvalue weighted by atomic mass is 32.2. The van der Waals surface area contributed by atoms with E-state index in [-0.39, 0.29) is 11.3 Å². The van der Waals surface area contributed by atoms with Gasteiger partial charge in [0.1, 0.15) is 0 Å².